The molecule has 0 radical (unpaired) electrons. The van der Waals surface area contributed by atoms with Crippen molar-refractivity contribution < 1.29 is 19.1 Å². The number of carbonyl (C=O) groups excluding carboxylic acids is 2. The van der Waals surface area contributed by atoms with Crippen LogP contribution in [0.1, 0.15) is 50.2 Å². The van der Waals surface area contributed by atoms with Crippen molar-refractivity contribution in [3.63, 3.8) is 0 Å². The number of hydrogen-bond donors (Lipinski definition) is 3. The molecule has 1 aliphatic carbocycles. The summed E-state index contributed by atoms with van der Waals surface area (Å²) in [5, 5.41) is 15.7. The van der Waals surface area contributed by atoms with Crippen LogP contribution in [0, 0.1) is 12.7 Å². The van der Waals surface area contributed by atoms with E-state index in [1.54, 1.807) is 11.0 Å². The Balaban J connectivity index is 1.31. The first-order valence-corrected chi connectivity index (χ1v) is 11.9. The highest BCUT2D eigenvalue weighted by molar-refractivity contribution is 5.88. The number of carbonyl (C=O) groups is 2. The predicted octanol–water partition coefficient (Wildman–Crippen LogP) is 1.81. The number of likely N-dealkylation sites (N-methyl/N-ethyl adjacent to an activating group) is 1. The second-order valence-corrected chi connectivity index (χ2v) is 9.42. The minimum atomic E-state index is -0.440. The Morgan fingerprint density at radius 3 is 2.84 bits per heavy atom. The van der Waals surface area contributed by atoms with Gasteiger partial charge in [-0.2, -0.15) is 0 Å². The van der Waals surface area contributed by atoms with Gasteiger partial charge in [-0.15, -0.1) is 0 Å². The topological polar surface area (TPSA) is 84.9 Å². The summed E-state index contributed by atoms with van der Waals surface area (Å²) in [5.74, 6) is -0.518. The molecule has 32 heavy (non-hydrogen) atoms. The lowest BCUT2D eigenvalue weighted by Gasteiger charge is -2.36. The molecule has 0 bridgehead atoms. The van der Waals surface area contributed by atoms with Crippen LogP contribution in [0.5, 0.6) is 0 Å². The summed E-state index contributed by atoms with van der Waals surface area (Å²) in [6.07, 6.45) is 5.29. The van der Waals surface area contributed by atoms with Crippen molar-refractivity contribution in [1.29, 1.82) is 0 Å². The third kappa shape index (κ3) is 4.62. The molecule has 1 saturated heterocycles. The molecule has 2 aliphatic heterocycles. The maximum absolute atomic E-state index is 14.2. The van der Waals surface area contributed by atoms with Crippen LogP contribution < -0.4 is 10.6 Å². The molecule has 2 amide bonds. The van der Waals surface area contributed by atoms with Gasteiger partial charge in [0.2, 0.25) is 11.8 Å². The summed E-state index contributed by atoms with van der Waals surface area (Å²) >= 11 is 0. The lowest BCUT2D eigenvalue weighted by Crippen LogP contribution is -2.49. The molecule has 8 heteroatoms. The molecule has 1 aromatic carbocycles. The molecule has 4 rings (SSSR count). The number of aliphatic hydroxyl groups is 1. The summed E-state index contributed by atoms with van der Waals surface area (Å²) in [6, 6.07) is 3.42. The van der Waals surface area contributed by atoms with E-state index in [4.69, 9.17) is 0 Å². The van der Waals surface area contributed by atoms with Crippen LogP contribution in [-0.2, 0) is 16.0 Å². The van der Waals surface area contributed by atoms with E-state index in [1.165, 1.54) is 6.07 Å². The summed E-state index contributed by atoms with van der Waals surface area (Å²) < 4.78 is 14.2. The molecular weight excluding hydrogens is 411 g/mol. The summed E-state index contributed by atoms with van der Waals surface area (Å²) in [6.45, 7) is 5.80. The fourth-order valence-corrected chi connectivity index (χ4v) is 5.74. The Bertz CT molecular complexity index is 833. The molecule has 3 N–H and O–H groups in total. The highest BCUT2D eigenvalue weighted by atomic mass is 19.1. The maximum atomic E-state index is 14.2. The number of halogens is 1. The molecule has 0 aromatic heterocycles. The van der Waals surface area contributed by atoms with Crippen LogP contribution in [0.4, 0.5) is 10.1 Å². The van der Waals surface area contributed by atoms with E-state index in [-0.39, 0.29) is 29.7 Å². The van der Waals surface area contributed by atoms with E-state index in [9.17, 15) is 19.1 Å². The second-order valence-electron chi connectivity index (χ2n) is 9.42. The molecule has 2 heterocycles. The molecule has 1 aromatic rings. The number of aliphatic hydroxyl groups excluding tert-OH is 1. The van der Waals surface area contributed by atoms with Crippen LogP contribution in [0.3, 0.4) is 0 Å². The zero-order chi connectivity index (χ0) is 22.8. The van der Waals surface area contributed by atoms with Gasteiger partial charge in [0.1, 0.15) is 18.5 Å². The monoisotopic (exact) mass is 446 g/mol. The number of anilines is 1. The van der Waals surface area contributed by atoms with E-state index in [0.717, 1.165) is 56.4 Å². The van der Waals surface area contributed by atoms with Crippen molar-refractivity contribution in [2.75, 3.05) is 31.6 Å². The lowest BCUT2D eigenvalue weighted by molar-refractivity contribution is -0.136. The average molecular weight is 447 g/mol. The van der Waals surface area contributed by atoms with Gasteiger partial charge in [-0.3, -0.25) is 14.5 Å². The predicted molar refractivity (Wildman–Crippen MR) is 121 cm³/mol. The molecule has 2 fully saturated rings. The van der Waals surface area contributed by atoms with Crippen LogP contribution >= 0.6 is 0 Å². The van der Waals surface area contributed by atoms with Gasteiger partial charge >= 0.3 is 0 Å². The Morgan fingerprint density at radius 2 is 2.12 bits per heavy atom. The first-order valence-electron chi connectivity index (χ1n) is 11.9. The molecule has 3 aliphatic rings. The first-order chi connectivity index (χ1) is 15.4. The molecule has 4 atom stereocenters. The number of benzene rings is 1. The normalized spacial score (nSPS) is 27.6. The minimum absolute atomic E-state index is 0.0596. The Hall–Kier alpha value is -2.19. The van der Waals surface area contributed by atoms with E-state index in [1.807, 2.05) is 13.8 Å². The molecule has 176 valence electrons. The molecule has 7 nitrogen and oxygen atoms in total. The van der Waals surface area contributed by atoms with Crippen molar-refractivity contribution in [2.24, 2.45) is 0 Å². The van der Waals surface area contributed by atoms with Gasteiger partial charge in [0.25, 0.3) is 0 Å². The summed E-state index contributed by atoms with van der Waals surface area (Å²) in [5.41, 5.74) is 2.32. The van der Waals surface area contributed by atoms with Crippen LogP contribution in [0.25, 0.3) is 0 Å². The number of fused-ring (bicyclic) bond motifs is 1. The van der Waals surface area contributed by atoms with Crippen LogP contribution in [0.15, 0.2) is 12.1 Å². The van der Waals surface area contributed by atoms with Gasteiger partial charge < -0.3 is 20.6 Å². The smallest absolute Gasteiger partial charge is 0.248 e. The third-order valence-corrected chi connectivity index (χ3v) is 7.45. The largest absolute Gasteiger partial charge is 0.387 e. The number of hydrogen-bond acceptors (Lipinski definition) is 5. The van der Waals surface area contributed by atoms with E-state index >= 15 is 0 Å². The van der Waals surface area contributed by atoms with Gasteiger partial charge in [0.05, 0.1) is 0 Å². The SMILES string of the molecule is CCN(C(=O)CO)[C@@H]1CCN(C2CCC[C@@H](NC(=O)C3Cc4c(F)ccc(C)c4N3)C2)C1. The molecule has 2 unspecified atom stereocenters. The number of amides is 2. The molecule has 1 saturated carbocycles. The van der Waals surface area contributed by atoms with Crippen molar-refractivity contribution in [3.05, 3.63) is 29.1 Å². The van der Waals surface area contributed by atoms with Gasteiger partial charge in [-0.1, -0.05) is 6.07 Å². The van der Waals surface area contributed by atoms with E-state index in [2.05, 4.69) is 15.5 Å². The summed E-state index contributed by atoms with van der Waals surface area (Å²) in [7, 11) is 0. The zero-order valence-corrected chi connectivity index (χ0v) is 19.1. The van der Waals surface area contributed by atoms with Crippen LogP contribution in [0.2, 0.25) is 0 Å². The van der Waals surface area contributed by atoms with Gasteiger partial charge in [-0.05, 0) is 57.6 Å². The number of nitrogens with one attached hydrogen (secondary N) is 2. The van der Waals surface area contributed by atoms with E-state index < -0.39 is 12.6 Å². The van der Waals surface area contributed by atoms with Crippen LogP contribution in [-0.4, -0.2) is 77.1 Å². The Labute approximate surface area is 189 Å². The second kappa shape index (κ2) is 9.75. The minimum Gasteiger partial charge on any atom is -0.387 e. The number of likely N-dealkylation sites (tertiary alicyclic amines) is 1. The van der Waals surface area contributed by atoms with Crippen molar-refractivity contribution >= 4 is 17.5 Å². The fourth-order valence-electron chi connectivity index (χ4n) is 5.74. The number of rotatable bonds is 6. The fraction of sp³-hybridized carbons (Fsp3) is 0.667. The number of aryl methyl sites for hydroxylation is 1. The summed E-state index contributed by atoms with van der Waals surface area (Å²) in [4.78, 5) is 29.2. The average Bonchev–Trinajstić information content (AvgIpc) is 3.46. The molecule has 0 spiro atoms. The van der Waals surface area contributed by atoms with Gasteiger partial charge in [0, 0.05) is 55.4 Å². The highest BCUT2D eigenvalue weighted by Crippen LogP contribution is 2.32. The standard InChI is InChI=1S/C24H35FN4O3/c1-3-29(22(31)14-30)18-9-10-28(13-18)17-6-4-5-16(11-17)26-24(32)21-12-19-20(25)8-7-15(2)23(19)27-21/h7-8,16-18,21,27,30H,3-6,9-14H2,1-2H3,(H,26,32)/t16-,17?,18-,21?/m1/s1. The van der Waals surface area contributed by atoms with Gasteiger partial charge in [0.15, 0.2) is 0 Å². The Kier molecular flexibility index (Phi) is 7.00. The first kappa shape index (κ1) is 23.0. The number of nitrogens with zero attached hydrogens (tertiary/aromatic N) is 2. The molecular formula is C24H35FN4O3. The van der Waals surface area contributed by atoms with Crippen molar-refractivity contribution in [2.45, 2.75) is 76.5 Å². The third-order valence-electron chi connectivity index (χ3n) is 7.45. The van der Waals surface area contributed by atoms with Crippen molar-refractivity contribution in [1.82, 2.24) is 15.1 Å². The quantitative estimate of drug-likeness (QED) is 0.621. The Morgan fingerprint density at radius 1 is 1.31 bits per heavy atom. The lowest BCUT2D eigenvalue weighted by atomic mass is 9.89. The van der Waals surface area contributed by atoms with Crippen molar-refractivity contribution in [3.8, 4) is 0 Å². The van der Waals surface area contributed by atoms with Gasteiger partial charge in [-0.25, -0.2) is 4.39 Å². The maximum Gasteiger partial charge on any atom is 0.248 e. The zero-order valence-electron chi connectivity index (χ0n) is 19.1. The highest BCUT2D eigenvalue weighted by Gasteiger charge is 2.36. The van der Waals surface area contributed by atoms with E-state index in [0.29, 0.717) is 24.6 Å².